The number of carbonyl (C=O) groups is 5. The molecule has 4 unspecified atom stereocenters. The lowest BCUT2D eigenvalue weighted by molar-refractivity contribution is -0.142. The smallest absolute Gasteiger partial charge is 0.326 e. The SMILES string of the molecule is CSCCC(NC(=O)C(NC(=O)C(NC(=O)C(N)CC(=O)O)C(C)C)C(C)C)C(=O)O. The molecular weight excluding hydrogens is 428 g/mol. The molecule has 0 rings (SSSR count). The molecule has 0 radical (unpaired) electrons. The summed E-state index contributed by atoms with van der Waals surface area (Å²) in [6.45, 7) is 6.71. The third-order valence-electron chi connectivity index (χ3n) is 4.45. The first kappa shape index (κ1) is 28.7. The van der Waals surface area contributed by atoms with Gasteiger partial charge in [0.25, 0.3) is 0 Å². The van der Waals surface area contributed by atoms with E-state index in [2.05, 4.69) is 16.0 Å². The molecular formula is C19H34N4O7S. The van der Waals surface area contributed by atoms with Gasteiger partial charge in [0.2, 0.25) is 17.7 Å². The largest absolute Gasteiger partial charge is 0.481 e. The van der Waals surface area contributed by atoms with Gasteiger partial charge in [-0.25, -0.2) is 4.79 Å². The Morgan fingerprint density at radius 3 is 1.68 bits per heavy atom. The van der Waals surface area contributed by atoms with Crippen molar-refractivity contribution in [2.45, 2.75) is 64.7 Å². The van der Waals surface area contributed by atoms with E-state index in [4.69, 9.17) is 10.8 Å². The van der Waals surface area contributed by atoms with E-state index >= 15 is 0 Å². The second-order valence-corrected chi connectivity index (χ2v) is 8.83. The molecule has 0 fully saturated rings. The third kappa shape index (κ3) is 10.5. The number of thioether (sulfide) groups is 1. The molecule has 31 heavy (non-hydrogen) atoms. The van der Waals surface area contributed by atoms with Gasteiger partial charge in [-0.15, -0.1) is 0 Å². The zero-order valence-corrected chi connectivity index (χ0v) is 19.3. The number of carbonyl (C=O) groups excluding carboxylic acids is 3. The van der Waals surface area contributed by atoms with Crippen LogP contribution in [0.5, 0.6) is 0 Å². The summed E-state index contributed by atoms with van der Waals surface area (Å²) in [5.41, 5.74) is 5.54. The van der Waals surface area contributed by atoms with Gasteiger partial charge in [0.05, 0.1) is 12.5 Å². The summed E-state index contributed by atoms with van der Waals surface area (Å²) >= 11 is 1.45. The van der Waals surface area contributed by atoms with Crippen molar-refractivity contribution in [3.63, 3.8) is 0 Å². The average Bonchev–Trinajstić information content (AvgIpc) is 2.65. The van der Waals surface area contributed by atoms with Crippen molar-refractivity contribution in [2.24, 2.45) is 17.6 Å². The molecule has 11 nitrogen and oxygen atoms in total. The maximum atomic E-state index is 12.8. The summed E-state index contributed by atoms with van der Waals surface area (Å²) < 4.78 is 0. The molecule has 178 valence electrons. The number of nitrogens with one attached hydrogen (secondary N) is 3. The van der Waals surface area contributed by atoms with Gasteiger partial charge in [-0.05, 0) is 30.3 Å². The normalized spacial score (nSPS) is 15.0. The minimum atomic E-state index is -1.33. The van der Waals surface area contributed by atoms with Crippen molar-refractivity contribution in [3.8, 4) is 0 Å². The first-order valence-electron chi connectivity index (χ1n) is 9.91. The lowest BCUT2D eigenvalue weighted by Gasteiger charge is -2.28. The topological polar surface area (TPSA) is 188 Å². The standard InChI is InChI=1S/C19H34N4O7S/c1-9(2)14(17(27)21-12(19(29)30)6-7-31-5)23-18(28)15(10(3)4)22-16(26)11(20)8-13(24)25/h9-12,14-15H,6-8,20H2,1-5H3,(H,21,27)(H,22,26)(H,23,28)(H,24,25)(H,29,30). The Labute approximate surface area is 186 Å². The van der Waals surface area contributed by atoms with E-state index in [0.29, 0.717) is 5.75 Å². The molecule has 3 amide bonds. The highest BCUT2D eigenvalue weighted by molar-refractivity contribution is 7.98. The molecule has 7 N–H and O–H groups in total. The average molecular weight is 463 g/mol. The van der Waals surface area contributed by atoms with Crippen molar-refractivity contribution in [2.75, 3.05) is 12.0 Å². The Balaban J connectivity index is 5.31. The Morgan fingerprint density at radius 2 is 1.29 bits per heavy atom. The number of hydrogen-bond donors (Lipinski definition) is 6. The fourth-order valence-corrected chi connectivity index (χ4v) is 3.08. The predicted molar refractivity (Wildman–Crippen MR) is 116 cm³/mol. The number of aliphatic carboxylic acids is 2. The van der Waals surface area contributed by atoms with Crippen LogP contribution in [0.4, 0.5) is 0 Å². The summed E-state index contributed by atoms with van der Waals surface area (Å²) in [6.07, 6.45) is 1.45. The van der Waals surface area contributed by atoms with Gasteiger partial charge in [-0.1, -0.05) is 27.7 Å². The van der Waals surface area contributed by atoms with E-state index in [1.54, 1.807) is 27.7 Å². The highest BCUT2D eigenvalue weighted by Crippen LogP contribution is 2.09. The van der Waals surface area contributed by atoms with Crippen LogP contribution in [0.25, 0.3) is 0 Å². The fourth-order valence-electron chi connectivity index (χ4n) is 2.61. The first-order valence-corrected chi connectivity index (χ1v) is 11.3. The number of nitrogens with two attached hydrogens (primary N) is 1. The van der Waals surface area contributed by atoms with Gasteiger partial charge in [-0.2, -0.15) is 11.8 Å². The van der Waals surface area contributed by atoms with E-state index < -0.39 is 60.2 Å². The quantitative estimate of drug-likeness (QED) is 0.196. The van der Waals surface area contributed by atoms with Crippen LogP contribution in [0.2, 0.25) is 0 Å². The summed E-state index contributed by atoms with van der Waals surface area (Å²) in [5.74, 6) is -4.74. The van der Waals surface area contributed by atoms with E-state index in [1.165, 1.54) is 11.8 Å². The minimum Gasteiger partial charge on any atom is -0.481 e. The molecule has 0 aliphatic heterocycles. The summed E-state index contributed by atoms with van der Waals surface area (Å²) in [6, 6.07) is -4.51. The lowest BCUT2D eigenvalue weighted by atomic mass is 9.99. The molecule has 4 atom stereocenters. The Hall–Kier alpha value is -2.34. The highest BCUT2D eigenvalue weighted by atomic mass is 32.2. The highest BCUT2D eigenvalue weighted by Gasteiger charge is 2.33. The van der Waals surface area contributed by atoms with Crippen LogP contribution in [-0.2, 0) is 24.0 Å². The molecule has 0 bridgehead atoms. The number of rotatable bonds is 14. The van der Waals surface area contributed by atoms with E-state index in [9.17, 15) is 29.1 Å². The zero-order valence-electron chi connectivity index (χ0n) is 18.5. The van der Waals surface area contributed by atoms with Crippen molar-refractivity contribution in [1.82, 2.24) is 16.0 Å². The molecule has 0 aromatic heterocycles. The number of amides is 3. The van der Waals surface area contributed by atoms with Gasteiger partial charge in [0, 0.05) is 0 Å². The van der Waals surface area contributed by atoms with Crippen LogP contribution < -0.4 is 21.7 Å². The lowest BCUT2D eigenvalue weighted by Crippen LogP contribution is -2.59. The van der Waals surface area contributed by atoms with Crippen LogP contribution >= 0.6 is 11.8 Å². The van der Waals surface area contributed by atoms with Crippen molar-refractivity contribution in [1.29, 1.82) is 0 Å². The maximum absolute atomic E-state index is 12.8. The van der Waals surface area contributed by atoms with Crippen LogP contribution in [0.1, 0.15) is 40.5 Å². The van der Waals surface area contributed by atoms with E-state index in [0.717, 1.165) is 0 Å². The molecule has 0 aromatic carbocycles. The Morgan fingerprint density at radius 1 is 0.839 bits per heavy atom. The minimum absolute atomic E-state index is 0.229. The van der Waals surface area contributed by atoms with Crippen LogP contribution in [0.3, 0.4) is 0 Å². The molecule has 0 aromatic rings. The summed E-state index contributed by atoms with van der Waals surface area (Å²) in [7, 11) is 0. The van der Waals surface area contributed by atoms with Crippen LogP contribution in [0, 0.1) is 11.8 Å². The van der Waals surface area contributed by atoms with Crippen molar-refractivity contribution < 1.29 is 34.2 Å². The van der Waals surface area contributed by atoms with Gasteiger partial charge in [0.15, 0.2) is 0 Å². The monoisotopic (exact) mass is 462 g/mol. The van der Waals surface area contributed by atoms with Crippen LogP contribution in [-0.4, -0.2) is 76.0 Å². The maximum Gasteiger partial charge on any atom is 0.326 e. The van der Waals surface area contributed by atoms with Gasteiger partial charge < -0.3 is 31.9 Å². The second-order valence-electron chi connectivity index (χ2n) is 7.85. The number of carboxylic acid groups (broad SMARTS) is 2. The van der Waals surface area contributed by atoms with Gasteiger partial charge in [-0.3, -0.25) is 19.2 Å². The molecule has 12 heteroatoms. The molecule has 0 saturated heterocycles. The zero-order chi connectivity index (χ0) is 24.3. The molecule has 0 spiro atoms. The van der Waals surface area contributed by atoms with Crippen molar-refractivity contribution >= 4 is 41.4 Å². The van der Waals surface area contributed by atoms with Gasteiger partial charge >= 0.3 is 11.9 Å². The Kier molecular flexibility index (Phi) is 12.8. The number of hydrogen-bond acceptors (Lipinski definition) is 7. The van der Waals surface area contributed by atoms with Gasteiger partial charge in [0.1, 0.15) is 18.1 Å². The summed E-state index contributed by atoms with van der Waals surface area (Å²) in [4.78, 5) is 59.8. The predicted octanol–water partition coefficient (Wildman–Crippen LogP) is -0.607. The van der Waals surface area contributed by atoms with E-state index in [1.807, 2.05) is 6.26 Å². The van der Waals surface area contributed by atoms with Crippen molar-refractivity contribution in [3.05, 3.63) is 0 Å². The Bertz CT molecular complexity index is 657. The molecule has 0 aliphatic rings. The van der Waals surface area contributed by atoms with Crippen LogP contribution in [0.15, 0.2) is 0 Å². The second kappa shape index (κ2) is 13.9. The first-order chi connectivity index (χ1) is 14.3. The molecule has 0 saturated carbocycles. The summed E-state index contributed by atoms with van der Waals surface area (Å²) in [5, 5.41) is 25.5. The molecule has 0 aliphatic carbocycles. The third-order valence-corrected chi connectivity index (χ3v) is 5.09. The fraction of sp³-hybridized carbons (Fsp3) is 0.737. The molecule has 0 heterocycles. The van der Waals surface area contributed by atoms with E-state index in [-0.39, 0.29) is 18.3 Å². The number of carboxylic acids is 2.